The van der Waals surface area contributed by atoms with Gasteiger partial charge >= 0.3 is 0 Å². The van der Waals surface area contributed by atoms with Crippen LogP contribution in [0.2, 0.25) is 0 Å². The Balaban J connectivity index is 2.20. The van der Waals surface area contributed by atoms with Crippen LogP contribution >= 0.6 is 0 Å². The van der Waals surface area contributed by atoms with Crippen molar-refractivity contribution in [3.8, 4) is 5.75 Å². The number of benzene rings is 1. The molecule has 0 spiro atoms. The zero-order chi connectivity index (χ0) is 14.0. The molecule has 1 aromatic carbocycles. The van der Waals surface area contributed by atoms with Crippen LogP contribution in [0.3, 0.4) is 0 Å². The maximum absolute atomic E-state index is 6.19. The molecule has 1 saturated heterocycles. The number of ether oxygens (including phenoxy) is 1. The molecule has 106 valence electrons. The van der Waals surface area contributed by atoms with Gasteiger partial charge in [0.05, 0.1) is 7.11 Å². The maximum Gasteiger partial charge on any atom is 0.119 e. The monoisotopic (exact) mass is 262 g/mol. The zero-order valence-corrected chi connectivity index (χ0v) is 12.5. The number of rotatable bonds is 4. The number of hydrogen-bond donors (Lipinski definition) is 1. The molecule has 0 saturated carbocycles. The average Bonchev–Trinajstić information content (AvgIpc) is 2.68. The number of methoxy groups -OCH3 is 1. The van der Waals surface area contributed by atoms with E-state index in [9.17, 15) is 0 Å². The molecule has 2 atom stereocenters. The number of nitrogens with zero attached hydrogens (tertiary/aromatic N) is 1. The standard InChI is InChI=1S/C16H26N2O/c1-12-8-15(18(10-12)11-16(2,3)17)13-6-5-7-14(9-13)19-4/h5-7,9,12,15H,8,10-11,17H2,1-4H3. The van der Waals surface area contributed by atoms with Crippen molar-refractivity contribution in [3.63, 3.8) is 0 Å². The maximum atomic E-state index is 6.19. The summed E-state index contributed by atoms with van der Waals surface area (Å²) in [5.74, 6) is 1.66. The van der Waals surface area contributed by atoms with Crippen LogP contribution in [-0.2, 0) is 0 Å². The van der Waals surface area contributed by atoms with Gasteiger partial charge in [-0.3, -0.25) is 4.90 Å². The van der Waals surface area contributed by atoms with E-state index < -0.39 is 0 Å². The second-order valence-corrected chi connectivity index (χ2v) is 6.55. The molecule has 1 aliphatic heterocycles. The number of nitrogens with two attached hydrogens (primary N) is 1. The minimum Gasteiger partial charge on any atom is -0.497 e. The Bertz CT molecular complexity index is 425. The molecule has 19 heavy (non-hydrogen) atoms. The van der Waals surface area contributed by atoms with Gasteiger partial charge in [0, 0.05) is 24.7 Å². The molecule has 0 aliphatic carbocycles. The lowest BCUT2D eigenvalue weighted by Crippen LogP contribution is -2.45. The van der Waals surface area contributed by atoms with Crippen molar-refractivity contribution in [2.45, 2.75) is 38.8 Å². The molecule has 1 heterocycles. The molecule has 0 amide bonds. The predicted molar refractivity (Wildman–Crippen MR) is 79.4 cm³/mol. The van der Waals surface area contributed by atoms with Gasteiger partial charge in [-0.05, 0) is 43.9 Å². The van der Waals surface area contributed by atoms with Crippen molar-refractivity contribution in [1.29, 1.82) is 0 Å². The predicted octanol–water partition coefficient (Wildman–Crippen LogP) is 2.82. The van der Waals surface area contributed by atoms with Crippen LogP contribution in [0.25, 0.3) is 0 Å². The molecule has 3 nitrogen and oxygen atoms in total. The van der Waals surface area contributed by atoms with E-state index in [0.717, 1.165) is 24.8 Å². The van der Waals surface area contributed by atoms with E-state index in [4.69, 9.17) is 10.5 Å². The summed E-state index contributed by atoms with van der Waals surface area (Å²) in [7, 11) is 1.72. The third kappa shape index (κ3) is 3.71. The average molecular weight is 262 g/mol. The highest BCUT2D eigenvalue weighted by Crippen LogP contribution is 2.36. The molecule has 2 N–H and O–H groups in total. The molecule has 1 aromatic rings. The van der Waals surface area contributed by atoms with Crippen LogP contribution in [0, 0.1) is 5.92 Å². The summed E-state index contributed by atoms with van der Waals surface area (Å²) in [5.41, 5.74) is 7.38. The first-order valence-corrected chi connectivity index (χ1v) is 7.06. The molecular weight excluding hydrogens is 236 g/mol. The number of hydrogen-bond acceptors (Lipinski definition) is 3. The van der Waals surface area contributed by atoms with E-state index in [1.54, 1.807) is 7.11 Å². The first-order valence-electron chi connectivity index (χ1n) is 7.06. The highest BCUT2D eigenvalue weighted by Gasteiger charge is 2.33. The fourth-order valence-corrected chi connectivity index (χ4v) is 3.03. The molecule has 0 radical (unpaired) electrons. The van der Waals surface area contributed by atoms with Gasteiger partial charge in [0.1, 0.15) is 5.75 Å². The normalized spacial score (nSPS) is 24.7. The molecule has 2 unspecified atom stereocenters. The largest absolute Gasteiger partial charge is 0.497 e. The molecule has 3 heteroatoms. The lowest BCUT2D eigenvalue weighted by Gasteiger charge is -2.31. The lowest BCUT2D eigenvalue weighted by molar-refractivity contribution is 0.208. The third-order valence-corrected chi connectivity index (χ3v) is 3.70. The SMILES string of the molecule is COc1cccc(C2CC(C)CN2CC(C)(C)N)c1. The number of likely N-dealkylation sites (tertiary alicyclic amines) is 1. The van der Waals surface area contributed by atoms with Crippen molar-refractivity contribution in [1.82, 2.24) is 4.90 Å². The molecule has 1 aliphatic rings. The van der Waals surface area contributed by atoms with Crippen LogP contribution in [-0.4, -0.2) is 30.6 Å². The summed E-state index contributed by atoms with van der Waals surface area (Å²) < 4.78 is 5.33. The topological polar surface area (TPSA) is 38.5 Å². The van der Waals surface area contributed by atoms with Crippen LogP contribution in [0.15, 0.2) is 24.3 Å². The molecule has 2 rings (SSSR count). The minimum atomic E-state index is -0.152. The smallest absolute Gasteiger partial charge is 0.119 e. The Kier molecular flexibility index (Phi) is 4.16. The second-order valence-electron chi connectivity index (χ2n) is 6.55. The Labute approximate surface area is 116 Å². The van der Waals surface area contributed by atoms with Gasteiger partial charge in [-0.1, -0.05) is 19.1 Å². The summed E-state index contributed by atoms with van der Waals surface area (Å²) >= 11 is 0. The quantitative estimate of drug-likeness (QED) is 0.907. The van der Waals surface area contributed by atoms with Gasteiger partial charge in [0.25, 0.3) is 0 Å². The molecule has 1 fully saturated rings. The van der Waals surface area contributed by atoms with Gasteiger partial charge in [-0.25, -0.2) is 0 Å². The highest BCUT2D eigenvalue weighted by atomic mass is 16.5. The van der Waals surface area contributed by atoms with Gasteiger partial charge in [-0.15, -0.1) is 0 Å². The van der Waals surface area contributed by atoms with Crippen molar-refractivity contribution < 1.29 is 4.74 Å². The summed E-state index contributed by atoms with van der Waals surface area (Å²) in [6, 6.07) is 8.89. The van der Waals surface area contributed by atoms with Crippen LogP contribution in [0.5, 0.6) is 5.75 Å². The van der Waals surface area contributed by atoms with E-state index in [0.29, 0.717) is 6.04 Å². The summed E-state index contributed by atoms with van der Waals surface area (Å²) in [6.45, 7) is 8.57. The Morgan fingerprint density at radius 1 is 1.42 bits per heavy atom. The van der Waals surface area contributed by atoms with Crippen LogP contribution < -0.4 is 10.5 Å². The van der Waals surface area contributed by atoms with Gasteiger partial charge in [0.15, 0.2) is 0 Å². The van der Waals surface area contributed by atoms with Gasteiger partial charge in [-0.2, -0.15) is 0 Å². The van der Waals surface area contributed by atoms with Crippen molar-refractivity contribution >= 4 is 0 Å². The first kappa shape index (κ1) is 14.4. The molecule has 0 aromatic heterocycles. The van der Waals surface area contributed by atoms with Gasteiger partial charge in [0.2, 0.25) is 0 Å². The van der Waals surface area contributed by atoms with Crippen molar-refractivity contribution in [2.24, 2.45) is 11.7 Å². The van der Waals surface area contributed by atoms with Crippen LogP contribution in [0.4, 0.5) is 0 Å². The Morgan fingerprint density at radius 2 is 2.16 bits per heavy atom. The fourth-order valence-electron chi connectivity index (χ4n) is 3.03. The van der Waals surface area contributed by atoms with E-state index in [1.165, 1.54) is 12.0 Å². The second kappa shape index (κ2) is 5.51. The van der Waals surface area contributed by atoms with Crippen LogP contribution in [0.1, 0.15) is 38.8 Å². The third-order valence-electron chi connectivity index (χ3n) is 3.70. The Morgan fingerprint density at radius 3 is 2.79 bits per heavy atom. The molecular formula is C16H26N2O. The summed E-state index contributed by atoms with van der Waals surface area (Å²) in [5, 5.41) is 0. The summed E-state index contributed by atoms with van der Waals surface area (Å²) in [4.78, 5) is 2.51. The minimum absolute atomic E-state index is 0.152. The van der Waals surface area contributed by atoms with Crippen molar-refractivity contribution in [2.75, 3.05) is 20.2 Å². The zero-order valence-electron chi connectivity index (χ0n) is 12.5. The molecule has 0 bridgehead atoms. The van der Waals surface area contributed by atoms with Gasteiger partial charge < -0.3 is 10.5 Å². The van der Waals surface area contributed by atoms with E-state index in [-0.39, 0.29) is 5.54 Å². The van der Waals surface area contributed by atoms with Crippen molar-refractivity contribution in [3.05, 3.63) is 29.8 Å². The van der Waals surface area contributed by atoms with E-state index in [1.807, 2.05) is 6.07 Å². The fraction of sp³-hybridized carbons (Fsp3) is 0.625. The van der Waals surface area contributed by atoms with E-state index >= 15 is 0 Å². The first-order chi connectivity index (χ1) is 8.89. The summed E-state index contributed by atoms with van der Waals surface area (Å²) in [6.07, 6.45) is 1.20. The Hall–Kier alpha value is -1.06. The lowest BCUT2D eigenvalue weighted by atomic mass is 9.99. The highest BCUT2D eigenvalue weighted by molar-refractivity contribution is 5.31. The van der Waals surface area contributed by atoms with E-state index in [2.05, 4.69) is 43.9 Å².